The van der Waals surface area contributed by atoms with Gasteiger partial charge >= 0.3 is 0 Å². The van der Waals surface area contributed by atoms with Gasteiger partial charge in [0.2, 0.25) is 0 Å². The highest BCUT2D eigenvalue weighted by atomic mass is 16.5. The molecule has 1 rings (SSSR count). The second kappa shape index (κ2) is 7.22. The van der Waals surface area contributed by atoms with Crippen molar-refractivity contribution >= 4 is 0 Å². The van der Waals surface area contributed by atoms with Crippen LogP contribution in [0.15, 0.2) is 24.3 Å². The van der Waals surface area contributed by atoms with E-state index in [1.807, 2.05) is 19.1 Å². The number of aliphatic hydroxyl groups is 1. The number of hydrogen-bond acceptors (Lipinski definition) is 4. The minimum atomic E-state index is 0.0506. The van der Waals surface area contributed by atoms with Crippen molar-refractivity contribution in [3.63, 3.8) is 0 Å². The molecule has 0 aliphatic carbocycles. The summed E-state index contributed by atoms with van der Waals surface area (Å²) in [4.78, 5) is 0. The maximum atomic E-state index is 9.62. The first-order valence-corrected chi connectivity index (χ1v) is 5.45. The zero-order chi connectivity index (χ0) is 11.8. The molecule has 0 saturated heterocycles. The number of aliphatic hydroxyl groups excluding tert-OH is 1. The second-order valence-corrected chi connectivity index (χ2v) is 3.57. The third-order valence-electron chi connectivity index (χ3n) is 2.34. The molecule has 1 aromatic carbocycles. The highest BCUT2D eigenvalue weighted by molar-refractivity contribution is 5.33. The van der Waals surface area contributed by atoms with Crippen molar-refractivity contribution in [2.45, 2.75) is 13.0 Å². The number of phenols is 1. The van der Waals surface area contributed by atoms with Gasteiger partial charge in [0.1, 0.15) is 5.75 Å². The molecule has 0 aliphatic rings. The average Bonchev–Trinajstić information content (AvgIpc) is 2.29. The summed E-state index contributed by atoms with van der Waals surface area (Å²) in [5, 5.41) is 21.4. The van der Waals surface area contributed by atoms with Crippen LogP contribution in [0.4, 0.5) is 0 Å². The highest BCUT2D eigenvalue weighted by Gasteiger charge is 2.07. The fourth-order valence-corrected chi connectivity index (χ4v) is 1.48. The molecule has 90 valence electrons. The SMILES string of the molecule is CC(NCCOCCO)c1ccccc1O. The molecule has 1 atom stereocenters. The van der Waals surface area contributed by atoms with Gasteiger partial charge in [-0.3, -0.25) is 0 Å². The Bertz CT molecular complexity index is 304. The number of phenolic OH excluding ortho intramolecular Hbond substituents is 1. The third-order valence-corrected chi connectivity index (χ3v) is 2.34. The van der Waals surface area contributed by atoms with Crippen LogP contribution in [-0.4, -0.2) is 36.6 Å². The molecule has 3 N–H and O–H groups in total. The van der Waals surface area contributed by atoms with E-state index in [-0.39, 0.29) is 12.6 Å². The molecule has 1 unspecified atom stereocenters. The maximum absolute atomic E-state index is 9.62. The van der Waals surface area contributed by atoms with Gasteiger partial charge in [0.05, 0.1) is 19.8 Å². The minimum Gasteiger partial charge on any atom is -0.508 e. The second-order valence-electron chi connectivity index (χ2n) is 3.57. The summed E-state index contributed by atoms with van der Waals surface area (Å²) in [6.45, 7) is 3.65. The van der Waals surface area contributed by atoms with E-state index in [0.717, 1.165) is 5.56 Å². The lowest BCUT2D eigenvalue weighted by Crippen LogP contribution is -2.23. The molecule has 0 bridgehead atoms. The Kier molecular flexibility index (Phi) is 5.85. The molecule has 16 heavy (non-hydrogen) atoms. The minimum absolute atomic E-state index is 0.0506. The molecule has 0 radical (unpaired) electrons. The van der Waals surface area contributed by atoms with Gasteiger partial charge in [0.25, 0.3) is 0 Å². The molecule has 4 heteroatoms. The van der Waals surface area contributed by atoms with E-state index in [2.05, 4.69) is 5.32 Å². The summed E-state index contributed by atoms with van der Waals surface area (Å²) in [6, 6.07) is 7.35. The number of benzene rings is 1. The lowest BCUT2D eigenvalue weighted by molar-refractivity contribution is 0.0928. The van der Waals surface area contributed by atoms with Gasteiger partial charge in [-0.25, -0.2) is 0 Å². The van der Waals surface area contributed by atoms with E-state index in [0.29, 0.717) is 25.5 Å². The Morgan fingerprint density at radius 2 is 2.06 bits per heavy atom. The Hall–Kier alpha value is -1.10. The highest BCUT2D eigenvalue weighted by Crippen LogP contribution is 2.22. The summed E-state index contributed by atoms with van der Waals surface area (Å²) < 4.78 is 5.12. The van der Waals surface area contributed by atoms with Crippen LogP contribution >= 0.6 is 0 Å². The van der Waals surface area contributed by atoms with E-state index < -0.39 is 0 Å². The Labute approximate surface area is 95.9 Å². The first-order valence-electron chi connectivity index (χ1n) is 5.45. The number of nitrogens with one attached hydrogen (secondary N) is 1. The Balaban J connectivity index is 2.30. The molecule has 0 fully saturated rings. The van der Waals surface area contributed by atoms with Gasteiger partial charge in [-0.2, -0.15) is 0 Å². The van der Waals surface area contributed by atoms with Crippen molar-refractivity contribution in [2.24, 2.45) is 0 Å². The standard InChI is InChI=1S/C12H19NO3/c1-10(13-6-8-16-9-7-14)11-4-2-3-5-12(11)15/h2-5,10,13-15H,6-9H2,1H3. The molecule has 0 heterocycles. The van der Waals surface area contributed by atoms with Crippen molar-refractivity contribution < 1.29 is 14.9 Å². The predicted molar refractivity (Wildman–Crippen MR) is 62.4 cm³/mol. The Morgan fingerprint density at radius 1 is 1.31 bits per heavy atom. The number of para-hydroxylation sites is 1. The van der Waals surface area contributed by atoms with Crippen LogP contribution in [-0.2, 0) is 4.74 Å². The summed E-state index contributed by atoms with van der Waals surface area (Å²) in [5.74, 6) is 0.304. The molecule has 0 saturated carbocycles. The van der Waals surface area contributed by atoms with Crippen LogP contribution in [0.3, 0.4) is 0 Å². The van der Waals surface area contributed by atoms with Gasteiger partial charge in [-0.15, -0.1) is 0 Å². The number of rotatable bonds is 7. The van der Waals surface area contributed by atoms with Gasteiger partial charge in [-0.05, 0) is 13.0 Å². The molecule has 0 amide bonds. The first-order chi connectivity index (χ1) is 7.75. The van der Waals surface area contributed by atoms with Crippen LogP contribution in [0.2, 0.25) is 0 Å². The van der Waals surface area contributed by atoms with E-state index in [1.54, 1.807) is 12.1 Å². The average molecular weight is 225 g/mol. The molecule has 0 spiro atoms. The molecule has 0 aromatic heterocycles. The van der Waals surface area contributed by atoms with Gasteiger partial charge < -0.3 is 20.3 Å². The van der Waals surface area contributed by atoms with Crippen LogP contribution < -0.4 is 5.32 Å². The van der Waals surface area contributed by atoms with Crippen LogP contribution in [0, 0.1) is 0 Å². The zero-order valence-corrected chi connectivity index (χ0v) is 9.52. The molecular formula is C12H19NO3. The van der Waals surface area contributed by atoms with Crippen LogP contribution in [0.25, 0.3) is 0 Å². The quantitative estimate of drug-likeness (QED) is 0.607. The fraction of sp³-hybridized carbons (Fsp3) is 0.500. The van der Waals surface area contributed by atoms with Crippen molar-refractivity contribution in [1.29, 1.82) is 0 Å². The molecule has 0 aliphatic heterocycles. The lowest BCUT2D eigenvalue weighted by Gasteiger charge is -2.15. The zero-order valence-electron chi connectivity index (χ0n) is 9.52. The topological polar surface area (TPSA) is 61.7 Å². The monoisotopic (exact) mass is 225 g/mol. The van der Waals surface area contributed by atoms with Crippen molar-refractivity contribution in [2.75, 3.05) is 26.4 Å². The molecule has 1 aromatic rings. The number of ether oxygens (including phenoxy) is 1. The largest absolute Gasteiger partial charge is 0.508 e. The fourth-order valence-electron chi connectivity index (χ4n) is 1.48. The molecule has 4 nitrogen and oxygen atoms in total. The van der Waals surface area contributed by atoms with Crippen molar-refractivity contribution in [3.05, 3.63) is 29.8 Å². The van der Waals surface area contributed by atoms with Crippen molar-refractivity contribution in [3.8, 4) is 5.75 Å². The van der Waals surface area contributed by atoms with Gasteiger partial charge in [0, 0.05) is 18.2 Å². The van der Waals surface area contributed by atoms with E-state index in [4.69, 9.17) is 9.84 Å². The first kappa shape index (κ1) is 13.0. The van der Waals surface area contributed by atoms with E-state index in [1.165, 1.54) is 0 Å². The lowest BCUT2D eigenvalue weighted by atomic mass is 10.1. The number of aromatic hydroxyl groups is 1. The maximum Gasteiger partial charge on any atom is 0.120 e. The smallest absolute Gasteiger partial charge is 0.120 e. The van der Waals surface area contributed by atoms with E-state index in [9.17, 15) is 5.11 Å². The summed E-state index contributed by atoms with van der Waals surface area (Å²) in [5.41, 5.74) is 0.879. The summed E-state index contributed by atoms with van der Waals surface area (Å²) in [6.07, 6.45) is 0. The predicted octanol–water partition coefficient (Wildman–Crippen LogP) is 1.05. The summed E-state index contributed by atoms with van der Waals surface area (Å²) >= 11 is 0. The molecular weight excluding hydrogens is 206 g/mol. The van der Waals surface area contributed by atoms with Crippen molar-refractivity contribution in [1.82, 2.24) is 5.32 Å². The normalized spacial score (nSPS) is 12.6. The van der Waals surface area contributed by atoms with E-state index >= 15 is 0 Å². The third kappa shape index (κ3) is 4.18. The van der Waals surface area contributed by atoms with Crippen LogP contribution in [0.1, 0.15) is 18.5 Å². The van der Waals surface area contributed by atoms with Gasteiger partial charge in [-0.1, -0.05) is 18.2 Å². The Morgan fingerprint density at radius 3 is 2.75 bits per heavy atom. The van der Waals surface area contributed by atoms with Gasteiger partial charge in [0.15, 0.2) is 0 Å². The van der Waals surface area contributed by atoms with Crippen LogP contribution in [0.5, 0.6) is 5.75 Å². The number of hydrogen-bond donors (Lipinski definition) is 3. The summed E-state index contributed by atoms with van der Waals surface area (Å²) in [7, 11) is 0.